The minimum absolute atomic E-state index is 0.191. The Labute approximate surface area is 111 Å². The molecular weight excluding hydrogens is 261 g/mol. The van der Waals surface area contributed by atoms with E-state index in [0.29, 0.717) is 22.2 Å². The molecule has 0 spiro atoms. The van der Waals surface area contributed by atoms with Crippen LogP contribution >= 0.6 is 23.2 Å². The van der Waals surface area contributed by atoms with Crippen molar-refractivity contribution in [1.29, 1.82) is 0 Å². The minimum atomic E-state index is -0.430. The Bertz CT molecular complexity index is 407. The molecule has 17 heavy (non-hydrogen) atoms. The quantitative estimate of drug-likeness (QED) is 0.791. The first kappa shape index (κ1) is 14.3. The number of hydrogen-bond acceptors (Lipinski definition) is 3. The maximum atomic E-state index is 11.8. The van der Waals surface area contributed by atoms with Gasteiger partial charge in [-0.15, -0.1) is 0 Å². The summed E-state index contributed by atoms with van der Waals surface area (Å²) in [5, 5.41) is 0.799. The summed E-state index contributed by atoms with van der Waals surface area (Å²) in [4.78, 5) is 13.7. The molecule has 1 atom stereocenters. The fourth-order valence-corrected chi connectivity index (χ4v) is 1.94. The SMILES string of the molecule is C[C@H](CN(C)C)OC(=O)c1ccc(Cl)cc1Cl. The van der Waals surface area contributed by atoms with Gasteiger partial charge in [0, 0.05) is 11.6 Å². The van der Waals surface area contributed by atoms with Crippen molar-refractivity contribution < 1.29 is 9.53 Å². The third-order valence-electron chi connectivity index (χ3n) is 2.08. The Morgan fingerprint density at radius 3 is 2.59 bits per heavy atom. The molecule has 1 aromatic carbocycles. The lowest BCUT2D eigenvalue weighted by Crippen LogP contribution is -2.28. The summed E-state index contributed by atoms with van der Waals surface area (Å²) in [6, 6.07) is 4.70. The van der Waals surface area contributed by atoms with Crippen LogP contribution in [0.2, 0.25) is 10.0 Å². The van der Waals surface area contributed by atoms with Gasteiger partial charge in [0.15, 0.2) is 0 Å². The molecule has 1 aromatic rings. The van der Waals surface area contributed by atoms with E-state index in [0.717, 1.165) is 0 Å². The molecule has 0 N–H and O–H groups in total. The summed E-state index contributed by atoms with van der Waals surface area (Å²) in [5.41, 5.74) is 0.335. The summed E-state index contributed by atoms with van der Waals surface area (Å²) in [6.45, 7) is 2.50. The van der Waals surface area contributed by atoms with Crippen molar-refractivity contribution in [2.24, 2.45) is 0 Å². The van der Waals surface area contributed by atoms with Crippen LogP contribution in [0.3, 0.4) is 0 Å². The molecule has 0 saturated carbocycles. The molecule has 0 fully saturated rings. The number of benzene rings is 1. The van der Waals surface area contributed by atoms with Crippen LogP contribution < -0.4 is 0 Å². The van der Waals surface area contributed by atoms with Crippen LogP contribution in [0.4, 0.5) is 0 Å². The Hall–Kier alpha value is -0.770. The van der Waals surface area contributed by atoms with E-state index in [2.05, 4.69) is 0 Å². The molecule has 5 heteroatoms. The van der Waals surface area contributed by atoms with Gasteiger partial charge >= 0.3 is 5.97 Å². The van der Waals surface area contributed by atoms with Crippen LogP contribution in [-0.4, -0.2) is 37.6 Å². The van der Waals surface area contributed by atoms with Gasteiger partial charge in [0.25, 0.3) is 0 Å². The predicted octanol–water partition coefficient (Wildman–Crippen LogP) is 3.10. The van der Waals surface area contributed by atoms with Crippen molar-refractivity contribution in [3.63, 3.8) is 0 Å². The lowest BCUT2D eigenvalue weighted by molar-refractivity contribution is 0.0289. The third kappa shape index (κ3) is 4.54. The van der Waals surface area contributed by atoms with Gasteiger partial charge in [-0.05, 0) is 39.2 Å². The molecule has 3 nitrogen and oxygen atoms in total. The van der Waals surface area contributed by atoms with Gasteiger partial charge in [-0.3, -0.25) is 0 Å². The Kier molecular flexibility index (Phi) is 5.25. The van der Waals surface area contributed by atoms with Gasteiger partial charge in [0.05, 0.1) is 10.6 Å². The van der Waals surface area contributed by atoms with Crippen LogP contribution in [0, 0.1) is 0 Å². The second kappa shape index (κ2) is 6.24. The van der Waals surface area contributed by atoms with E-state index in [1.807, 2.05) is 25.9 Å². The molecule has 1 rings (SSSR count). The molecule has 0 amide bonds. The average Bonchev–Trinajstić information content (AvgIpc) is 2.15. The topological polar surface area (TPSA) is 29.5 Å². The highest BCUT2D eigenvalue weighted by atomic mass is 35.5. The van der Waals surface area contributed by atoms with E-state index in [1.54, 1.807) is 12.1 Å². The zero-order valence-electron chi connectivity index (χ0n) is 10.0. The highest BCUT2D eigenvalue weighted by molar-refractivity contribution is 6.36. The summed E-state index contributed by atoms with van der Waals surface area (Å²) < 4.78 is 5.26. The molecule has 0 heterocycles. The number of likely N-dealkylation sites (N-methyl/N-ethyl adjacent to an activating group) is 1. The van der Waals surface area contributed by atoms with E-state index in [1.165, 1.54) is 6.07 Å². The fourth-order valence-electron chi connectivity index (χ4n) is 1.45. The zero-order chi connectivity index (χ0) is 13.0. The van der Waals surface area contributed by atoms with Gasteiger partial charge in [-0.2, -0.15) is 0 Å². The summed E-state index contributed by atoms with van der Waals surface area (Å²) in [6.07, 6.45) is -0.191. The smallest absolute Gasteiger partial charge is 0.339 e. The third-order valence-corrected chi connectivity index (χ3v) is 2.63. The van der Waals surface area contributed by atoms with Crippen LogP contribution in [0.1, 0.15) is 17.3 Å². The van der Waals surface area contributed by atoms with E-state index < -0.39 is 5.97 Å². The van der Waals surface area contributed by atoms with Crippen molar-refractivity contribution in [1.82, 2.24) is 4.90 Å². The van der Waals surface area contributed by atoms with Gasteiger partial charge in [0.1, 0.15) is 6.10 Å². The van der Waals surface area contributed by atoms with Crippen LogP contribution in [0.5, 0.6) is 0 Å². The van der Waals surface area contributed by atoms with Crippen LogP contribution in [-0.2, 0) is 4.74 Å². The molecule has 0 aliphatic rings. The number of carbonyl (C=O) groups excluding carboxylic acids is 1. The molecule has 0 radical (unpaired) electrons. The normalized spacial score (nSPS) is 12.6. The van der Waals surface area contributed by atoms with E-state index >= 15 is 0 Å². The lowest BCUT2D eigenvalue weighted by atomic mass is 10.2. The molecule has 0 bridgehead atoms. The Morgan fingerprint density at radius 1 is 1.41 bits per heavy atom. The zero-order valence-corrected chi connectivity index (χ0v) is 11.5. The fraction of sp³-hybridized carbons (Fsp3) is 0.417. The largest absolute Gasteiger partial charge is 0.458 e. The number of hydrogen-bond donors (Lipinski definition) is 0. The molecule has 0 saturated heterocycles. The minimum Gasteiger partial charge on any atom is -0.458 e. The van der Waals surface area contributed by atoms with Gasteiger partial charge in [0.2, 0.25) is 0 Å². The van der Waals surface area contributed by atoms with Gasteiger partial charge < -0.3 is 9.64 Å². The first-order valence-corrected chi connectivity index (χ1v) is 5.96. The molecule has 94 valence electrons. The monoisotopic (exact) mass is 275 g/mol. The van der Waals surface area contributed by atoms with Crippen molar-refractivity contribution in [3.05, 3.63) is 33.8 Å². The average molecular weight is 276 g/mol. The van der Waals surface area contributed by atoms with Crippen LogP contribution in [0.15, 0.2) is 18.2 Å². The van der Waals surface area contributed by atoms with Gasteiger partial charge in [-0.25, -0.2) is 4.79 Å². The number of halogens is 2. The number of nitrogens with zero attached hydrogens (tertiary/aromatic N) is 1. The molecule has 0 aromatic heterocycles. The van der Waals surface area contributed by atoms with Crippen molar-refractivity contribution in [2.45, 2.75) is 13.0 Å². The van der Waals surface area contributed by atoms with Crippen molar-refractivity contribution >= 4 is 29.2 Å². The highest BCUT2D eigenvalue weighted by Crippen LogP contribution is 2.22. The second-order valence-corrected chi connectivity index (χ2v) is 4.95. The summed E-state index contributed by atoms with van der Waals surface area (Å²) in [7, 11) is 3.83. The number of rotatable bonds is 4. The number of carbonyl (C=O) groups is 1. The first-order chi connectivity index (χ1) is 7.90. The van der Waals surface area contributed by atoms with Crippen molar-refractivity contribution in [3.8, 4) is 0 Å². The maximum absolute atomic E-state index is 11.8. The van der Waals surface area contributed by atoms with E-state index in [-0.39, 0.29) is 6.10 Å². The summed E-state index contributed by atoms with van der Waals surface area (Å²) in [5.74, 6) is -0.430. The molecular formula is C12H15Cl2NO2. The summed E-state index contributed by atoms with van der Waals surface area (Å²) >= 11 is 11.7. The first-order valence-electron chi connectivity index (χ1n) is 5.21. The predicted molar refractivity (Wildman–Crippen MR) is 69.9 cm³/mol. The number of esters is 1. The van der Waals surface area contributed by atoms with Crippen molar-refractivity contribution in [2.75, 3.05) is 20.6 Å². The van der Waals surface area contributed by atoms with E-state index in [4.69, 9.17) is 27.9 Å². The number of ether oxygens (including phenoxy) is 1. The van der Waals surface area contributed by atoms with Gasteiger partial charge in [-0.1, -0.05) is 23.2 Å². The Balaban J connectivity index is 2.70. The van der Waals surface area contributed by atoms with E-state index in [9.17, 15) is 4.79 Å². The second-order valence-electron chi connectivity index (χ2n) is 4.10. The lowest BCUT2D eigenvalue weighted by Gasteiger charge is -2.17. The Morgan fingerprint density at radius 2 is 2.06 bits per heavy atom. The maximum Gasteiger partial charge on any atom is 0.339 e. The van der Waals surface area contributed by atoms with Crippen LogP contribution in [0.25, 0.3) is 0 Å². The standard InChI is InChI=1S/C12H15Cl2NO2/c1-8(7-15(2)3)17-12(16)10-5-4-9(13)6-11(10)14/h4-6,8H,7H2,1-3H3/t8-/m1/s1. The molecule has 0 aliphatic carbocycles. The molecule has 0 unspecified atom stereocenters. The molecule has 0 aliphatic heterocycles. The highest BCUT2D eigenvalue weighted by Gasteiger charge is 2.15.